The van der Waals surface area contributed by atoms with Crippen LogP contribution in [0.3, 0.4) is 0 Å². The lowest BCUT2D eigenvalue weighted by molar-refractivity contribution is -0.384. The van der Waals surface area contributed by atoms with Crippen molar-refractivity contribution in [2.75, 3.05) is 5.32 Å². The summed E-state index contributed by atoms with van der Waals surface area (Å²) in [5.41, 5.74) is 1.66. The summed E-state index contributed by atoms with van der Waals surface area (Å²) in [4.78, 5) is 22.3. The Morgan fingerprint density at radius 2 is 2.00 bits per heavy atom. The molecule has 0 aliphatic rings. The molecule has 0 unspecified atom stereocenters. The molecule has 0 saturated heterocycles. The molecule has 0 atom stereocenters. The summed E-state index contributed by atoms with van der Waals surface area (Å²) in [5, 5.41) is 16.1. The molecule has 124 valence electrons. The van der Waals surface area contributed by atoms with Crippen LogP contribution in [0, 0.1) is 17.0 Å². The van der Waals surface area contributed by atoms with Gasteiger partial charge >= 0.3 is 0 Å². The molecule has 1 amide bonds. The zero-order valence-corrected chi connectivity index (χ0v) is 15.5. The van der Waals surface area contributed by atoms with Crippen molar-refractivity contribution >= 4 is 62.1 Å². The summed E-state index contributed by atoms with van der Waals surface area (Å²) in [7, 11) is 0. The van der Waals surface area contributed by atoms with Crippen LogP contribution in [0.4, 0.5) is 11.4 Å². The van der Waals surface area contributed by atoms with Crippen molar-refractivity contribution in [2.45, 2.75) is 6.92 Å². The molecule has 0 radical (unpaired) electrons. The Labute approximate surface area is 156 Å². The highest BCUT2D eigenvalue weighted by atomic mass is 79.9. The maximum absolute atomic E-state index is 12.2. The summed E-state index contributed by atoms with van der Waals surface area (Å²) in [6.07, 6.45) is 0. The number of carbonyl (C=O) groups is 1. The van der Waals surface area contributed by atoms with Crippen molar-refractivity contribution < 1.29 is 9.72 Å². The molecule has 0 aliphatic heterocycles. The van der Waals surface area contributed by atoms with Crippen LogP contribution in [0.15, 0.2) is 40.9 Å². The molecule has 0 aromatic heterocycles. The van der Waals surface area contributed by atoms with Crippen LogP contribution in [-0.4, -0.2) is 15.9 Å². The minimum Gasteiger partial charge on any atom is -0.331 e. The second kappa shape index (κ2) is 7.69. The number of amides is 1. The number of carbonyl (C=O) groups excluding carboxylic acids is 1. The predicted molar refractivity (Wildman–Crippen MR) is 101 cm³/mol. The van der Waals surface area contributed by atoms with E-state index in [9.17, 15) is 14.9 Å². The Hall–Kier alpha value is -2.03. The highest BCUT2D eigenvalue weighted by molar-refractivity contribution is 9.10. The van der Waals surface area contributed by atoms with Crippen molar-refractivity contribution in [2.24, 2.45) is 0 Å². The quantitative estimate of drug-likeness (QED) is 0.429. The van der Waals surface area contributed by atoms with Crippen LogP contribution < -0.4 is 10.6 Å². The number of hydrogen-bond donors (Lipinski definition) is 2. The van der Waals surface area contributed by atoms with E-state index in [2.05, 4.69) is 26.6 Å². The van der Waals surface area contributed by atoms with Crippen molar-refractivity contribution in [1.82, 2.24) is 5.32 Å². The Kier molecular flexibility index (Phi) is 5.87. The third-order valence-corrected chi connectivity index (χ3v) is 4.18. The van der Waals surface area contributed by atoms with Gasteiger partial charge in [0.1, 0.15) is 0 Å². The van der Waals surface area contributed by atoms with Gasteiger partial charge in [0.25, 0.3) is 11.6 Å². The van der Waals surface area contributed by atoms with E-state index < -0.39 is 10.8 Å². The molecule has 0 bridgehead atoms. The molecule has 24 heavy (non-hydrogen) atoms. The van der Waals surface area contributed by atoms with Crippen molar-refractivity contribution in [3.63, 3.8) is 0 Å². The highest BCUT2D eigenvalue weighted by Gasteiger charge is 2.16. The monoisotopic (exact) mass is 427 g/mol. The van der Waals surface area contributed by atoms with Gasteiger partial charge in [-0.3, -0.25) is 20.2 Å². The van der Waals surface area contributed by atoms with Gasteiger partial charge in [-0.05, 0) is 58.8 Å². The molecule has 2 aromatic rings. The molecule has 0 saturated carbocycles. The maximum atomic E-state index is 12.2. The third-order valence-electron chi connectivity index (χ3n) is 3.01. The van der Waals surface area contributed by atoms with Gasteiger partial charge in [0.15, 0.2) is 5.11 Å². The molecule has 0 aliphatic carbocycles. The lowest BCUT2D eigenvalue weighted by atomic mass is 10.2. The first kappa shape index (κ1) is 18.3. The van der Waals surface area contributed by atoms with Gasteiger partial charge in [-0.15, -0.1) is 0 Å². The van der Waals surface area contributed by atoms with E-state index in [1.807, 2.05) is 25.1 Å². The first-order valence-corrected chi connectivity index (χ1v) is 8.18. The van der Waals surface area contributed by atoms with Crippen molar-refractivity contribution in [1.29, 1.82) is 0 Å². The number of nitrogens with zero attached hydrogens (tertiary/aromatic N) is 1. The fourth-order valence-electron chi connectivity index (χ4n) is 1.85. The van der Waals surface area contributed by atoms with Crippen molar-refractivity contribution in [3.05, 3.63) is 67.1 Å². The number of non-ortho nitro benzene ring substituents is 1. The van der Waals surface area contributed by atoms with Gasteiger partial charge in [0, 0.05) is 16.6 Å². The molecule has 9 heteroatoms. The van der Waals surface area contributed by atoms with Crippen molar-refractivity contribution in [3.8, 4) is 0 Å². The molecule has 6 nitrogen and oxygen atoms in total. The average Bonchev–Trinajstić information content (AvgIpc) is 2.49. The molecular weight excluding hydrogens is 418 g/mol. The fraction of sp³-hybridized carbons (Fsp3) is 0.0667. The van der Waals surface area contributed by atoms with Crippen LogP contribution in [0.25, 0.3) is 0 Å². The second-order valence-corrected chi connectivity index (χ2v) is 6.48. The van der Waals surface area contributed by atoms with Crippen LogP contribution in [0.5, 0.6) is 0 Å². The smallest absolute Gasteiger partial charge is 0.270 e. The van der Waals surface area contributed by atoms with Gasteiger partial charge in [-0.2, -0.15) is 0 Å². The first-order chi connectivity index (χ1) is 11.3. The average molecular weight is 429 g/mol. The Morgan fingerprint density at radius 1 is 1.29 bits per heavy atom. The molecule has 0 heterocycles. The summed E-state index contributed by atoms with van der Waals surface area (Å²) >= 11 is 14.4. The van der Waals surface area contributed by atoms with E-state index in [1.54, 1.807) is 0 Å². The Morgan fingerprint density at radius 3 is 2.58 bits per heavy atom. The topological polar surface area (TPSA) is 84.3 Å². The van der Waals surface area contributed by atoms with Gasteiger partial charge in [0.05, 0.1) is 21.2 Å². The maximum Gasteiger partial charge on any atom is 0.270 e. The van der Waals surface area contributed by atoms with Gasteiger partial charge in [-0.1, -0.05) is 17.7 Å². The number of hydrogen-bond acceptors (Lipinski definition) is 4. The fourth-order valence-corrected chi connectivity index (χ4v) is 2.90. The Balaban J connectivity index is 2.09. The van der Waals surface area contributed by atoms with Gasteiger partial charge < -0.3 is 5.32 Å². The van der Waals surface area contributed by atoms with E-state index in [4.69, 9.17) is 23.8 Å². The molecule has 2 aromatic carbocycles. The van der Waals surface area contributed by atoms with Crippen LogP contribution >= 0.6 is 39.7 Å². The van der Waals surface area contributed by atoms with Crippen LogP contribution in [0.1, 0.15) is 15.9 Å². The summed E-state index contributed by atoms with van der Waals surface area (Å²) in [5.74, 6) is -0.560. The lowest BCUT2D eigenvalue weighted by Gasteiger charge is -2.12. The standard InChI is InChI=1S/C15H11BrClN3O3S/c1-8-2-5-13(11(16)6-8)18-15(24)19-14(21)10-4-3-9(20(22)23)7-12(10)17/h2-7H,1H3,(H2,18,19,21,24). The Bertz CT molecular complexity index is 845. The minimum absolute atomic E-state index is 0.0268. The molecular formula is C15H11BrClN3O3S. The number of nitro groups is 1. The number of halogens is 2. The predicted octanol–water partition coefficient (Wildman–Crippen LogP) is 4.45. The number of anilines is 1. The third kappa shape index (κ3) is 4.50. The number of nitro benzene ring substituents is 1. The van der Waals surface area contributed by atoms with E-state index in [0.717, 1.165) is 16.1 Å². The van der Waals surface area contributed by atoms with E-state index in [0.29, 0.717) is 5.69 Å². The molecule has 0 spiro atoms. The molecule has 2 rings (SSSR count). The highest BCUT2D eigenvalue weighted by Crippen LogP contribution is 2.24. The number of benzene rings is 2. The van der Waals surface area contributed by atoms with E-state index in [-0.39, 0.29) is 21.4 Å². The normalized spacial score (nSPS) is 10.1. The summed E-state index contributed by atoms with van der Waals surface area (Å²) in [6, 6.07) is 9.21. The molecule has 2 N–H and O–H groups in total. The second-order valence-electron chi connectivity index (χ2n) is 4.81. The lowest BCUT2D eigenvalue weighted by Crippen LogP contribution is -2.34. The number of aryl methyl sites for hydroxylation is 1. The van der Waals surface area contributed by atoms with E-state index >= 15 is 0 Å². The van der Waals surface area contributed by atoms with Gasteiger partial charge in [0.2, 0.25) is 0 Å². The summed E-state index contributed by atoms with van der Waals surface area (Å²) in [6.45, 7) is 1.95. The zero-order chi connectivity index (χ0) is 17.9. The molecule has 0 fully saturated rings. The first-order valence-electron chi connectivity index (χ1n) is 6.60. The minimum atomic E-state index is -0.589. The number of rotatable bonds is 3. The summed E-state index contributed by atoms with van der Waals surface area (Å²) < 4.78 is 0.799. The number of nitrogens with one attached hydrogen (secondary N) is 2. The van der Waals surface area contributed by atoms with Gasteiger partial charge in [-0.25, -0.2) is 0 Å². The largest absolute Gasteiger partial charge is 0.331 e. The number of thiocarbonyl (C=S) groups is 1. The SMILES string of the molecule is Cc1ccc(NC(=S)NC(=O)c2ccc([N+](=O)[O-])cc2Cl)c(Br)c1. The van der Waals surface area contributed by atoms with Crippen LogP contribution in [-0.2, 0) is 0 Å². The van der Waals surface area contributed by atoms with Crippen LogP contribution in [0.2, 0.25) is 5.02 Å². The van der Waals surface area contributed by atoms with E-state index in [1.165, 1.54) is 12.1 Å². The zero-order valence-electron chi connectivity index (χ0n) is 12.3.